The van der Waals surface area contributed by atoms with Crippen molar-refractivity contribution in [3.05, 3.63) is 0 Å². The maximum atomic E-state index is 12.4. The zero-order valence-corrected chi connectivity index (χ0v) is 11.4. The minimum Gasteiger partial charge on any atom is -0.481 e. The number of carbonyl (C=O) groups excluding carboxylic acids is 1. The summed E-state index contributed by atoms with van der Waals surface area (Å²) in [6.45, 7) is 1.55. The predicted molar refractivity (Wildman–Crippen MR) is 70.6 cm³/mol. The Bertz CT molecular complexity index is 379. The Morgan fingerprint density at radius 1 is 1.05 bits per heavy atom. The van der Waals surface area contributed by atoms with Crippen LogP contribution in [0.1, 0.15) is 51.4 Å². The second-order valence-electron chi connectivity index (χ2n) is 6.62. The summed E-state index contributed by atoms with van der Waals surface area (Å²) in [5.41, 5.74) is 0.0369. The lowest BCUT2D eigenvalue weighted by molar-refractivity contribution is -0.140. The largest absolute Gasteiger partial charge is 0.481 e. The van der Waals surface area contributed by atoms with Crippen LogP contribution in [0.5, 0.6) is 0 Å². The molecule has 1 heterocycles. The molecule has 1 atom stereocenters. The molecule has 1 spiro atoms. The number of carboxylic acids is 1. The highest BCUT2D eigenvalue weighted by Gasteiger charge is 2.59. The van der Waals surface area contributed by atoms with E-state index >= 15 is 0 Å². The molecule has 2 saturated carbocycles. The van der Waals surface area contributed by atoms with Gasteiger partial charge in [-0.3, -0.25) is 9.59 Å². The van der Waals surface area contributed by atoms with E-state index in [0.717, 1.165) is 45.2 Å². The molecule has 3 fully saturated rings. The minimum absolute atomic E-state index is 0.0369. The number of likely N-dealkylation sites (tertiary alicyclic amines) is 1. The number of carboxylic acid groups (broad SMARTS) is 1. The Labute approximate surface area is 114 Å². The first-order chi connectivity index (χ1) is 9.12. The lowest BCUT2D eigenvalue weighted by atomic mass is 9.86. The summed E-state index contributed by atoms with van der Waals surface area (Å²) in [5, 5.41) is 9.07. The lowest BCUT2D eigenvalue weighted by Gasteiger charge is -2.35. The van der Waals surface area contributed by atoms with Crippen molar-refractivity contribution in [2.45, 2.75) is 51.4 Å². The third-order valence-electron chi connectivity index (χ3n) is 5.51. The molecule has 1 unspecified atom stereocenters. The van der Waals surface area contributed by atoms with Crippen LogP contribution in [-0.2, 0) is 9.59 Å². The van der Waals surface area contributed by atoms with Gasteiger partial charge in [0, 0.05) is 19.0 Å². The van der Waals surface area contributed by atoms with Gasteiger partial charge in [-0.2, -0.15) is 0 Å². The fourth-order valence-corrected chi connectivity index (χ4v) is 4.03. The number of hydrogen-bond acceptors (Lipinski definition) is 2. The Hall–Kier alpha value is -1.06. The molecular weight excluding hydrogens is 242 g/mol. The van der Waals surface area contributed by atoms with Crippen LogP contribution in [-0.4, -0.2) is 35.0 Å². The van der Waals surface area contributed by atoms with Crippen molar-refractivity contribution < 1.29 is 14.7 Å². The van der Waals surface area contributed by atoms with Gasteiger partial charge >= 0.3 is 5.97 Å². The minimum atomic E-state index is -0.646. The highest BCUT2D eigenvalue weighted by Crippen LogP contribution is 2.59. The van der Waals surface area contributed by atoms with Gasteiger partial charge in [0.05, 0.1) is 5.92 Å². The average Bonchev–Trinajstić information content (AvgIpc) is 3.14. The summed E-state index contributed by atoms with van der Waals surface area (Å²) >= 11 is 0. The van der Waals surface area contributed by atoms with Crippen molar-refractivity contribution in [3.63, 3.8) is 0 Å². The second-order valence-corrected chi connectivity index (χ2v) is 6.62. The molecule has 0 aromatic rings. The molecule has 3 aliphatic rings. The van der Waals surface area contributed by atoms with Crippen molar-refractivity contribution in [1.82, 2.24) is 4.90 Å². The maximum Gasteiger partial charge on any atom is 0.307 e. The SMILES string of the molecule is O=C(O)C1CC12CCN(C(=O)C1CCCCC1)CC2. The lowest BCUT2D eigenvalue weighted by Crippen LogP contribution is -2.43. The molecule has 4 heteroatoms. The van der Waals surface area contributed by atoms with Gasteiger partial charge in [0.15, 0.2) is 0 Å². The summed E-state index contributed by atoms with van der Waals surface area (Å²) in [6.07, 6.45) is 8.37. The first-order valence-corrected chi connectivity index (χ1v) is 7.64. The van der Waals surface area contributed by atoms with Gasteiger partial charge in [0.1, 0.15) is 0 Å². The van der Waals surface area contributed by atoms with E-state index in [1.807, 2.05) is 4.90 Å². The standard InChI is InChI=1S/C15H23NO3/c17-13(11-4-2-1-3-5-11)16-8-6-15(7-9-16)10-12(15)14(18)19/h11-12H,1-10H2,(H,18,19). The quantitative estimate of drug-likeness (QED) is 0.833. The van der Waals surface area contributed by atoms with E-state index in [1.165, 1.54) is 19.3 Å². The first kappa shape index (κ1) is 12.9. The second kappa shape index (κ2) is 4.80. The zero-order valence-electron chi connectivity index (χ0n) is 11.4. The van der Waals surface area contributed by atoms with Crippen molar-refractivity contribution in [2.75, 3.05) is 13.1 Å². The van der Waals surface area contributed by atoms with Crippen LogP contribution in [0.15, 0.2) is 0 Å². The van der Waals surface area contributed by atoms with Crippen molar-refractivity contribution in [1.29, 1.82) is 0 Å². The Morgan fingerprint density at radius 3 is 2.21 bits per heavy atom. The number of piperidine rings is 1. The molecule has 19 heavy (non-hydrogen) atoms. The molecule has 106 valence electrons. The Morgan fingerprint density at radius 2 is 1.68 bits per heavy atom. The molecule has 0 radical (unpaired) electrons. The molecule has 3 rings (SSSR count). The van der Waals surface area contributed by atoms with E-state index in [0.29, 0.717) is 5.91 Å². The number of hydrogen-bond donors (Lipinski definition) is 1. The summed E-state index contributed by atoms with van der Waals surface area (Å²) in [5.74, 6) is -0.203. The highest BCUT2D eigenvalue weighted by molar-refractivity contribution is 5.79. The number of amides is 1. The van der Waals surface area contributed by atoms with Crippen LogP contribution in [0.25, 0.3) is 0 Å². The zero-order chi connectivity index (χ0) is 13.5. The van der Waals surface area contributed by atoms with Gasteiger partial charge in [0.2, 0.25) is 5.91 Å². The van der Waals surface area contributed by atoms with Crippen molar-refractivity contribution in [2.24, 2.45) is 17.3 Å². The Balaban J connectivity index is 1.53. The summed E-state index contributed by atoms with van der Waals surface area (Å²) in [7, 11) is 0. The van der Waals surface area contributed by atoms with E-state index in [4.69, 9.17) is 5.11 Å². The third kappa shape index (κ3) is 2.37. The first-order valence-electron chi connectivity index (χ1n) is 7.64. The monoisotopic (exact) mass is 265 g/mol. The predicted octanol–water partition coefficient (Wildman–Crippen LogP) is 2.28. The molecular formula is C15H23NO3. The van der Waals surface area contributed by atoms with E-state index in [9.17, 15) is 9.59 Å². The van der Waals surface area contributed by atoms with Crippen LogP contribution in [0.4, 0.5) is 0 Å². The average molecular weight is 265 g/mol. The van der Waals surface area contributed by atoms with Gasteiger partial charge in [-0.1, -0.05) is 19.3 Å². The van der Waals surface area contributed by atoms with Crippen molar-refractivity contribution in [3.8, 4) is 0 Å². The van der Waals surface area contributed by atoms with Crippen LogP contribution >= 0.6 is 0 Å². The van der Waals surface area contributed by atoms with E-state index in [1.54, 1.807) is 0 Å². The number of carbonyl (C=O) groups is 2. The van der Waals surface area contributed by atoms with Crippen molar-refractivity contribution >= 4 is 11.9 Å². The molecule has 1 saturated heterocycles. The fourth-order valence-electron chi connectivity index (χ4n) is 4.03. The maximum absolute atomic E-state index is 12.4. The molecule has 0 aromatic carbocycles. The summed E-state index contributed by atoms with van der Waals surface area (Å²) in [4.78, 5) is 25.4. The van der Waals surface area contributed by atoms with Gasteiger partial charge in [0.25, 0.3) is 0 Å². The van der Waals surface area contributed by atoms with Gasteiger partial charge in [-0.15, -0.1) is 0 Å². The molecule has 0 bridgehead atoms. The molecule has 1 N–H and O–H groups in total. The molecule has 4 nitrogen and oxygen atoms in total. The van der Waals surface area contributed by atoms with Crippen LogP contribution in [0, 0.1) is 17.3 Å². The van der Waals surface area contributed by atoms with E-state index in [2.05, 4.69) is 0 Å². The van der Waals surface area contributed by atoms with Gasteiger partial charge in [-0.25, -0.2) is 0 Å². The fraction of sp³-hybridized carbons (Fsp3) is 0.867. The molecule has 2 aliphatic carbocycles. The normalized spacial score (nSPS) is 30.3. The molecule has 0 aromatic heterocycles. The molecule has 1 amide bonds. The van der Waals surface area contributed by atoms with E-state index < -0.39 is 5.97 Å². The topological polar surface area (TPSA) is 57.6 Å². The highest BCUT2D eigenvalue weighted by atomic mass is 16.4. The number of aliphatic carboxylic acids is 1. The van der Waals surface area contributed by atoms with Crippen LogP contribution in [0.3, 0.4) is 0 Å². The van der Waals surface area contributed by atoms with E-state index in [-0.39, 0.29) is 17.3 Å². The smallest absolute Gasteiger partial charge is 0.307 e. The Kier molecular flexibility index (Phi) is 3.27. The van der Waals surface area contributed by atoms with Gasteiger partial charge in [-0.05, 0) is 37.5 Å². The third-order valence-corrected chi connectivity index (χ3v) is 5.51. The van der Waals surface area contributed by atoms with Crippen LogP contribution < -0.4 is 0 Å². The van der Waals surface area contributed by atoms with Crippen LogP contribution in [0.2, 0.25) is 0 Å². The molecule has 1 aliphatic heterocycles. The summed E-state index contributed by atoms with van der Waals surface area (Å²) in [6, 6.07) is 0. The summed E-state index contributed by atoms with van der Waals surface area (Å²) < 4.78 is 0. The number of rotatable bonds is 2. The number of nitrogens with zero attached hydrogens (tertiary/aromatic N) is 1. The van der Waals surface area contributed by atoms with Gasteiger partial charge < -0.3 is 10.0 Å².